The van der Waals surface area contributed by atoms with Gasteiger partial charge in [-0.3, -0.25) is 9.59 Å². The molecular weight excluding hydrogens is 350 g/mol. The van der Waals surface area contributed by atoms with Crippen molar-refractivity contribution in [3.63, 3.8) is 0 Å². The van der Waals surface area contributed by atoms with E-state index in [1.807, 2.05) is 0 Å². The molecule has 0 spiro atoms. The maximum Gasteiger partial charge on any atom is 0.273 e. The van der Waals surface area contributed by atoms with Crippen molar-refractivity contribution in [3.05, 3.63) is 45.9 Å². The van der Waals surface area contributed by atoms with Crippen molar-refractivity contribution in [2.75, 3.05) is 32.8 Å². The molecule has 126 valence electrons. The summed E-state index contributed by atoms with van der Waals surface area (Å²) in [7, 11) is 0. The summed E-state index contributed by atoms with van der Waals surface area (Å²) >= 11 is 7.20. The van der Waals surface area contributed by atoms with Gasteiger partial charge in [0.1, 0.15) is 11.4 Å². The summed E-state index contributed by atoms with van der Waals surface area (Å²) in [5.41, 5.74) is 2.10. The van der Waals surface area contributed by atoms with Crippen LogP contribution in [0.1, 0.15) is 10.5 Å². The van der Waals surface area contributed by atoms with Crippen LogP contribution in [-0.2, 0) is 4.79 Å². The lowest BCUT2D eigenvalue weighted by atomic mass is 10.3. The van der Waals surface area contributed by atoms with E-state index in [1.165, 1.54) is 11.3 Å². The summed E-state index contributed by atoms with van der Waals surface area (Å²) in [5.74, 6) is 0.427. The normalized spacial score (nSPS) is 14.5. The molecule has 0 N–H and O–H groups in total. The zero-order chi connectivity index (χ0) is 16.9. The first kappa shape index (κ1) is 16.7. The van der Waals surface area contributed by atoms with Crippen LogP contribution in [0.2, 0.25) is 5.02 Å². The number of hydrogen-bond donors (Lipinski definition) is 0. The molecule has 6 nitrogen and oxygen atoms in total. The molecule has 2 heterocycles. The van der Waals surface area contributed by atoms with Gasteiger partial charge in [0.05, 0.1) is 5.51 Å². The van der Waals surface area contributed by atoms with Crippen LogP contribution in [0, 0.1) is 0 Å². The van der Waals surface area contributed by atoms with Crippen molar-refractivity contribution in [2.24, 2.45) is 0 Å². The molecule has 0 saturated carbocycles. The second kappa shape index (κ2) is 7.63. The van der Waals surface area contributed by atoms with Crippen LogP contribution in [0.25, 0.3) is 0 Å². The number of hydrogen-bond acceptors (Lipinski definition) is 5. The number of carbonyl (C=O) groups is 2. The maximum absolute atomic E-state index is 12.2. The van der Waals surface area contributed by atoms with E-state index in [-0.39, 0.29) is 18.4 Å². The summed E-state index contributed by atoms with van der Waals surface area (Å²) in [6.07, 6.45) is 0. The zero-order valence-electron chi connectivity index (χ0n) is 12.9. The molecule has 0 atom stereocenters. The lowest BCUT2D eigenvalue weighted by Gasteiger charge is -2.34. The largest absolute Gasteiger partial charge is 0.484 e. The highest BCUT2D eigenvalue weighted by atomic mass is 35.5. The Hall–Kier alpha value is -2.12. The Morgan fingerprint density at radius 1 is 1.12 bits per heavy atom. The Morgan fingerprint density at radius 2 is 1.79 bits per heavy atom. The molecule has 8 heteroatoms. The van der Waals surface area contributed by atoms with E-state index >= 15 is 0 Å². The van der Waals surface area contributed by atoms with Gasteiger partial charge < -0.3 is 14.5 Å². The molecule has 1 aromatic carbocycles. The van der Waals surface area contributed by atoms with Gasteiger partial charge in [0.25, 0.3) is 11.8 Å². The first-order valence-electron chi connectivity index (χ1n) is 7.47. The number of amides is 2. The van der Waals surface area contributed by atoms with Crippen molar-refractivity contribution >= 4 is 34.8 Å². The third-order valence-corrected chi connectivity index (χ3v) is 4.59. The van der Waals surface area contributed by atoms with Gasteiger partial charge in [-0.15, -0.1) is 11.3 Å². The molecule has 0 radical (unpaired) electrons. The van der Waals surface area contributed by atoms with Gasteiger partial charge in [-0.2, -0.15) is 0 Å². The molecule has 0 unspecified atom stereocenters. The molecular formula is C16H16ClN3O3S. The summed E-state index contributed by atoms with van der Waals surface area (Å²) in [6.45, 7) is 1.98. The minimum Gasteiger partial charge on any atom is -0.484 e. The van der Waals surface area contributed by atoms with Crippen molar-refractivity contribution in [1.29, 1.82) is 0 Å². The molecule has 3 rings (SSSR count). The molecule has 1 aromatic heterocycles. The predicted molar refractivity (Wildman–Crippen MR) is 91.5 cm³/mol. The summed E-state index contributed by atoms with van der Waals surface area (Å²) < 4.78 is 5.47. The van der Waals surface area contributed by atoms with Gasteiger partial charge in [-0.1, -0.05) is 11.6 Å². The van der Waals surface area contributed by atoms with Crippen molar-refractivity contribution in [3.8, 4) is 5.75 Å². The molecule has 1 fully saturated rings. The molecule has 2 aromatic rings. The van der Waals surface area contributed by atoms with Gasteiger partial charge in [0, 0.05) is 36.6 Å². The molecule has 0 bridgehead atoms. The zero-order valence-corrected chi connectivity index (χ0v) is 14.4. The van der Waals surface area contributed by atoms with Gasteiger partial charge in [0.2, 0.25) is 0 Å². The number of benzene rings is 1. The number of carbonyl (C=O) groups excluding carboxylic acids is 2. The average molecular weight is 366 g/mol. The highest BCUT2D eigenvalue weighted by Crippen LogP contribution is 2.16. The fourth-order valence-corrected chi connectivity index (χ4v) is 3.06. The third-order valence-electron chi connectivity index (χ3n) is 3.75. The van der Waals surface area contributed by atoms with Crippen LogP contribution in [0.15, 0.2) is 35.2 Å². The van der Waals surface area contributed by atoms with Gasteiger partial charge >= 0.3 is 0 Å². The average Bonchev–Trinajstić information content (AvgIpc) is 3.15. The van der Waals surface area contributed by atoms with Crippen LogP contribution >= 0.6 is 22.9 Å². The van der Waals surface area contributed by atoms with Crippen molar-refractivity contribution < 1.29 is 14.3 Å². The van der Waals surface area contributed by atoms with Crippen LogP contribution in [0.3, 0.4) is 0 Å². The van der Waals surface area contributed by atoms with Crippen LogP contribution in [0.4, 0.5) is 0 Å². The standard InChI is InChI=1S/C16H16ClN3O3S/c17-12-1-3-13(4-2-12)23-9-15(21)19-5-7-20(8-6-19)16(22)14-10-24-11-18-14/h1-4,10-11H,5-9H2. The van der Waals surface area contributed by atoms with E-state index in [2.05, 4.69) is 4.98 Å². The van der Waals surface area contributed by atoms with Crippen molar-refractivity contribution in [2.45, 2.75) is 0 Å². The second-order valence-electron chi connectivity index (χ2n) is 5.29. The Labute approximate surface area is 148 Å². The topological polar surface area (TPSA) is 62.7 Å². The van der Waals surface area contributed by atoms with Gasteiger partial charge in [-0.25, -0.2) is 4.98 Å². The van der Waals surface area contributed by atoms with E-state index in [0.717, 1.165) is 0 Å². The smallest absolute Gasteiger partial charge is 0.273 e. The first-order chi connectivity index (χ1) is 11.6. The molecule has 1 aliphatic rings. The number of aromatic nitrogens is 1. The highest BCUT2D eigenvalue weighted by molar-refractivity contribution is 7.07. The number of halogens is 1. The summed E-state index contributed by atoms with van der Waals surface area (Å²) in [6, 6.07) is 6.87. The third kappa shape index (κ3) is 4.04. The number of ether oxygens (including phenoxy) is 1. The SMILES string of the molecule is O=C(COc1ccc(Cl)cc1)N1CCN(C(=O)c2cscn2)CC1. The Bertz CT molecular complexity index is 698. The van der Waals surface area contributed by atoms with E-state index in [0.29, 0.717) is 42.6 Å². The maximum atomic E-state index is 12.2. The van der Waals surface area contributed by atoms with Crippen LogP contribution < -0.4 is 4.74 Å². The van der Waals surface area contributed by atoms with Gasteiger partial charge in [0.15, 0.2) is 6.61 Å². The monoisotopic (exact) mass is 365 g/mol. The lowest BCUT2D eigenvalue weighted by Crippen LogP contribution is -2.51. The predicted octanol–water partition coefficient (Wildman–Crippen LogP) is 2.16. The Balaban J connectivity index is 1.46. The van der Waals surface area contributed by atoms with Crippen molar-refractivity contribution in [1.82, 2.24) is 14.8 Å². The fourth-order valence-electron chi connectivity index (χ4n) is 2.41. The second-order valence-corrected chi connectivity index (χ2v) is 6.44. The summed E-state index contributed by atoms with van der Waals surface area (Å²) in [5, 5.41) is 2.36. The Kier molecular flexibility index (Phi) is 5.32. The molecule has 2 amide bonds. The molecule has 1 saturated heterocycles. The van der Waals surface area contributed by atoms with E-state index in [9.17, 15) is 9.59 Å². The quantitative estimate of drug-likeness (QED) is 0.833. The minimum absolute atomic E-state index is 0.0261. The lowest BCUT2D eigenvalue weighted by molar-refractivity contribution is -0.134. The minimum atomic E-state index is -0.0919. The fraction of sp³-hybridized carbons (Fsp3) is 0.312. The molecule has 24 heavy (non-hydrogen) atoms. The van der Waals surface area contributed by atoms with Gasteiger partial charge in [-0.05, 0) is 24.3 Å². The Morgan fingerprint density at radius 3 is 2.42 bits per heavy atom. The molecule has 1 aliphatic heterocycles. The van der Waals surface area contributed by atoms with Crippen LogP contribution in [-0.4, -0.2) is 59.4 Å². The molecule has 0 aliphatic carbocycles. The van der Waals surface area contributed by atoms with E-state index < -0.39 is 0 Å². The number of nitrogens with zero attached hydrogens (tertiary/aromatic N) is 3. The van der Waals surface area contributed by atoms with E-state index in [4.69, 9.17) is 16.3 Å². The highest BCUT2D eigenvalue weighted by Gasteiger charge is 2.25. The number of rotatable bonds is 4. The number of piperazine rings is 1. The van der Waals surface area contributed by atoms with Crippen LogP contribution in [0.5, 0.6) is 5.75 Å². The number of thiazole rings is 1. The van der Waals surface area contributed by atoms with E-state index in [1.54, 1.807) is 45.0 Å². The summed E-state index contributed by atoms with van der Waals surface area (Å²) in [4.78, 5) is 31.9. The first-order valence-corrected chi connectivity index (χ1v) is 8.79.